The van der Waals surface area contributed by atoms with E-state index in [2.05, 4.69) is 0 Å². The molecule has 0 aliphatic carbocycles. The van der Waals surface area contributed by atoms with Crippen molar-refractivity contribution in [2.24, 2.45) is 0 Å². The van der Waals surface area contributed by atoms with Crippen LogP contribution in [0.1, 0.15) is 23.2 Å². The Morgan fingerprint density at radius 2 is 1.73 bits per heavy atom. The Morgan fingerprint density at radius 1 is 0.962 bits per heavy atom. The van der Waals surface area contributed by atoms with Gasteiger partial charge in [0.25, 0.3) is 11.7 Å². The summed E-state index contributed by atoms with van der Waals surface area (Å²) in [6.07, 6.45) is 1.27. The van der Waals surface area contributed by atoms with Gasteiger partial charge in [-0.25, -0.2) is 0 Å². The largest absolute Gasteiger partial charge is 0.492 e. The van der Waals surface area contributed by atoms with Gasteiger partial charge in [-0.1, -0.05) is 52.5 Å². The van der Waals surface area contributed by atoms with Gasteiger partial charge in [-0.05, 0) is 37.1 Å². The summed E-state index contributed by atoms with van der Waals surface area (Å²) in [5.74, 6) is -0.677. The molecule has 136 valence electrons. The van der Waals surface area contributed by atoms with Crippen molar-refractivity contribution in [2.45, 2.75) is 12.8 Å². The Balaban J connectivity index is 1.59. The highest BCUT2D eigenvalue weighted by molar-refractivity contribution is 6.54. The number of rotatable bonds is 6. The van der Waals surface area contributed by atoms with Crippen molar-refractivity contribution in [1.82, 2.24) is 0 Å². The van der Waals surface area contributed by atoms with Gasteiger partial charge in [-0.15, -0.1) is 0 Å². The summed E-state index contributed by atoms with van der Waals surface area (Å²) >= 11 is 24.1. The molecule has 2 aromatic carbocycles. The van der Waals surface area contributed by atoms with Crippen LogP contribution in [0.15, 0.2) is 30.3 Å². The van der Waals surface area contributed by atoms with Crippen molar-refractivity contribution >= 4 is 63.8 Å². The molecule has 0 saturated carbocycles. The van der Waals surface area contributed by atoms with Crippen LogP contribution in [0.25, 0.3) is 0 Å². The van der Waals surface area contributed by atoms with Gasteiger partial charge < -0.3 is 9.64 Å². The number of hydrogen-bond acceptors (Lipinski definition) is 3. The van der Waals surface area contributed by atoms with E-state index in [0.717, 1.165) is 0 Å². The molecule has 0 atom stereocenters. The molecule has 0 saturated heterocycles. The number of benzene rings is 2. The minimum absolute atomic E-state index is 0.245. The van der Waals surface area contributed by atoms with Crippen molar-refractivity contribution in [3.63, 3.8) is 0 Å². The number of Topliss-reactive ketones (excluding diaryl/α,β-unsaturated/α-hetero) is 1. The average molecular weight is 433 g/mol. The molecule has 0 unspecified atom stereocenters. The third-order valence-corrected chi connectivity index (χ3v) is 5.24. The van der Waals surface area contributed by atoms with Gasteiger partial charge in [-0.3, -0.25) is 9.59 Å². The molecule has 0 aromatic heterocycles. The monoisotopic (exact) mass is 431 g/mol. The number of ketones is 1. The van der Waals surface area contributed by atoms with Crippen molar-refractivity contribution in [1.29, 1.82) is 0 Å². The number of carbonyl (C=O) groups excluding carboxylic acids is 2. The maximum atomic E-state index is 12.2. The number of halogens is 4. The van der Waals surface area contributed by atoms with Crippen molar-refractivity contribution < 1.29 is 14.3 Å². The van der Waals surface area contributed by atoms with Gasteiger partial charge in [0, 0.05) is 11.6 Å². The number of hydrogen-bond donors (Lipinski definition) is 0. The predicted octanol–water partition coefficient (Wildman–Crippen LogP) is 5.69. The van der Waals surface area contributed by atoms with Crippen molar-refractivity contribution in [2.75, 3.05) is 18.1 Å². The molecule has 1 aliphatic heterocycles. The molecule has 0 fully saturated rings. The number of fused-ring (bicyclic) bond motifs is 1. The van der Waals surface area contributed by atoms with Crippen LogP contribution in [-0.2, 0) is 4.79 Å². The molecule has 1 amide bonds. The lowest BCUT2D eigenvalue weighted by atomic mass is 10.1. The molecule has 0 bridgehead atoms. The molecule has 2 aromatic rings. The van der Waals surface area contributed by atoms with E-state index in [4.69, 9.17) is 51.1 Å². The van der Waals surface area contributed by atoms with E-state index < -0.39 is 11.7 Å². The normalized spacial score (nSPS) is 13.3. The first kappa shape index (κ1) is 19.3. The van der Waals surface area contributed by atoms with Gasteiger partial charge >= 0.3 is 0 Å². The van der Waals surface area contributed by atoms with Crippen LogP contribution in [0.4, 0.5) is 5.69 Å². The molecule has 0 N–H and O–H groups in total. The first-order valence-corrected chi connectivity index (χ1v) is 9.33. The Morgan fingerprint density at radius 3 is 2.50 bits per heavy atom. The molecule has 0 spiro atoms. The lowest BCUT2D eigenvalue weighted by Crippen LogP contribution is -2.31. The molecular weight excluding hydrogens is 420 g/mol. The van der Waals surface area contributed by atoms with Crippen LogP contribution in [0.3, 0.4) is 0 Å². The Hall–Kier alpha value is -1.46. The van der Waals surface area contributed by atoms with Gasteiger partial charge in [0.15, 0.2) is 0 Å². The lowest BCUT2D eigenvalue weighted by molar-refractivity contribution is -0.114. The number of ether oxygens (including phenoxy) is 1. The summed E-state index contributed by atoms with van der Waals surface area (Å²) in [6, 6.07) is 8.15. The highest BCUT2D eigenvalue weighted by Gasteiger charge is 2.37. The fourth-order valence-electron chi connectivity index (χ4n) is 2.72. The van der Waals surface area contributed by atoms with E-state index in [0.29, 0.717) is 52.5 Å². The summed E-state index contributed by atoms with van der Waals surface area (Å²) in [4.78, 5) is 25.7. The standard InChI is InChI=1S/C18H13Cl4NO3/c19-10-8-11-16(13(21)9-10)23(18(25)17(11)24)6-1-2-7-26-14-5-3-4-12(20)15(14)22/h3-5,8-9H,1-2,6-7H2. The molecule has 3 rings (SSSR count). The van der Waals surface area contributed by atoms with E-state index >= 15 is 0 Å². The number of unbranched alkanes of at least 4 members (excludes halogenated alkanes) is 1. The summed E-state index contributed by atoms with van der Waals surface area (Å²) in [6.45, 7) is 0.753. The van der Waals surface area contributed by atoms with Crippen LogP contribution in [0.2, 0.25) is 20.1 Å². The zero-order valence-corrected chi connectivity index (χ0v) is 16.4. The number of anilines is 1. The smallest absolute Gasteiger partial charge is 0.299 e. The third-order valence-electron chi connectivity index (χ3n) is 3.93. The van der Waals surface area contributed by atoms with E-state index in [-0.39, 0.29) is 10.6 Å². The first-order chi connectivity index (χ1) is 12.4. The van der Waals surface area contributed by atoms with Crippen LogP contribution in [-0.4, -0.2) is 24.8 Å². The summed E-state index contributed by atoms with van der Waals surface area (Å²) in [5, 5.41) is 1.40. The van der Waals surface area contributed by atoms with E-state index in [1.54, 1.807) is 18.2 Å². The van der Waals surface area contributed by atoms with Crippen molar-refractivity contribution in [3.05, 3.63) is 56.0 Å². The van der Waals surface area contributed by atoms with E-state index in [9.17, 15) is 9.59 Å². The van der Waals surface area contributed by atoms with Crippen molar-refractivity contribution in [3.8, 4) is 5.75 Å². The topological polar surface area (TPSA) is 46.6 Å². The van der Waals surface area contributed by atoms with Crippen LogP contribution < -0.4 is 9.64 Å². The second-order valence-corrected chi connectivity index (χ2v) is 7.31. The molecule has 26 heavy (non-hydrogen) atoms. The summed E-state index contributed by atoms with van der Waals surface area (Å²) < 4.78 is 5.61. The Bertz CT molecular complexity index is 885. The molecular formula is C18H13Cl4NO3. The first-order valence-electron chi connectivity index (χ1n) is 7.82. The van der Waals surface area contributed by atoms with Crippen LogP contribution in [0, 0.1) is 0 Å². The molecule has 1 heterocycles. The van der Waals surface area contributed by atoms with Crippen LogP contribution in [0.5, 0.6) is 5.75 Å². The quantitative estimate of drug-likeness (QED) is 0.435. The highest BCUT2D eigenvalue weighted by atomic mass is 35.5. The van der Waals surface area contributed by atoms with E-state index in [1.165, 1.54) is 17.0 Å². The van der Waals surface area contributed by atoms with Crippen LogP contribution >= 0.6 is 46.4 Å². The summed E-state index contributed by atoms with van der Waals surface area (Å²) in [7, 11) is 0. The SMILES string of the molecule is O=C1C(=O)N(CCCCOc2cccc(Cl)c2Cl)c2c(Cl)cc(Cl)cc21. The molecule has 0 radical (unpaired) electrons. The van der Waals surface area contributed by atoms with Gasteiger partial charge in [0.05, 0.1) is 27.9 Å². The Labute approximate surface area is 170 Å². The lowest BCUT2D eigenvalue weighted by Gasteiger charge is -2.18. The average Bonchev–Trinajstić information content (AvgIpc) is 2.83. The van der Waals surface area contributed by atoms with E-state index in [1.807, 2.05) is 0 Å². The highest BCUT2D eigenvalue weighted by Crippen LogP contribution is 2.38. The zero-order chi connectivity index (χ0) is 18.8. The molecule has 4 nitrogen and oxygen atoms in total. The second-order valence-electron chi connectivity index (χ2n) is 5.68. The maximum Gasteiger partial charge on any atom is 0.299 e. The number of nitrogens with zero attached hydrogens (tertiary/aromatic N) is 1. The fourth-order valence-corrected chi connectivity index (χ4v) is 3.66. The molecule has 1 aliphatic rings. The maximum absolute atomic E-state index is 12.2. The van der Waals surface area contributed by atoms with Gasteiger partial charge in [-0.2, -0.15) is 0 Å². The summed E-state index contributed by atoms with van der Waals surface area (Å²) in [5.41, 5.74) is 0.666. The van der Waals surface area contributed by atoms with Gasteiger partial charge in [0.2, 0.25) is 0 Å². The third kappa shape index (κ3) is 3.79. The second kappa shape index (κ2) is 8.05. The minimum Gasteiger partial charge on any atom is -0.492 e. The minimum atomic E-state index is -0.594. The molecule has 8 heteroatoms. The zero-order valence-electron chi connectivity index (χ0n) is 13.4. The van der Waals surface area contributed by atoms with Gasteiger partial charge in [0.1, 0.15) is 10.8 Å². The number of amides is 1. The predicted molar refractivity (Wildman–Crippen MR) is 104 cm³/mol. The number of carbonyl (C=O) groups is 2. The fraction of sp³-hybridized carbons (Fsp3) is 0.222. The Kier molecular flexibility index (Phi) is 5.98.